The number of pyridine rings is 3. The minimum absolute atomic E-state index is 0.00439. The van der Waals surface area contributed by atoms with Gasteiger partial charge in [-0.25, -0.2) is 24.1 Å². The van der Waals surface area contributed by atoms with E-state index in [4.69, 9.17) is 25.2 Å². The molecule has 2 atom stereocenters. The number of nitrogens with two attached hydrogens (primary N) is 1. The zero-order valence-corrected chi connectivity index (χ0v) is 44.5. The fraction of sp³-hybridized carbons (Fsp3) is 0.298. The number of amides is 8. The molecule has 0 saturated carbocycles. The first-order chi connectivity index (χ1) is 38.6. The standard InChI is InChI=1S/C57H62N14O9/c1-36(2)51(68-48(72)17-5-4-6-28-70-49(73)24-25-50(70)74)55(76)65-45(16-10-27-60-56(58)77)54(75)64-41-21-18-38(19-22-41)34-79-57(78)69(31-39-12-8-13-42(29-39)80-43-14-9-26-59-30-43)33-46-66-52(40-20-23-47-61-35-62-71(47)32-40)53(67-46)44-15-7-11-37(3)63-44/h7-9,11-15,18-26,29-30,32,35-36,45,51H,4-6,10,16-17,27-28,31,33-34H2,1-3H3,(H,64,75)(H,65,76)(H,66,67)(H,68,72)(H3,58,60,77)/t45-,51?/m0/s1. The molecule has 0 fully saturated rings. The maximum Gasteiger partial charge on any atom is 0.410 e. The lowest BCUT2D eigenvalue weighted by molar-refractivity contribution is -0.137. The number of aryl methyl sites for hydroxylation is 1. The molecule has 7 N–H and O–H groups in total. The Hall–Kier alpha value is -9.80. The molecule has 0 radical (unpaired) electrons. The minimum atomic E-state index is -1.08. The molecule has 23 heteroatoms. The number of aromatic amines is 1. The number of fused-ring (bicyclic) bond motifs is 1. The van der Waals surface area contributed by atoms with Crippen LogP contribution in [0.4, 0.5) is 15.3 Å². The van der Waals surface area contributed by atoms with Crippen molar-refractivity contribution >= 4 is 53.0 Å². The number of hydrogen-bond acceptors (Lipinski definition) is 14. The summed E-state index contributed by atoms with van der Waals surface area (Å²) >= 11 is 0. The van der Waals surface area contributed by atoms with E-state index in [2.05, 4.69) is 41.3 Å². The molecule has 8 amide bonds. The molecule has 1 aliphatic rings. The number of primary amides is 1. The van der Waals surface area contributed by atoms with Crippen LogP contribution in [0.3, 0.4) is 0 Å². The van der Waals surface area contributed by atoms with Gasteiger partial charge in [0.05, 0.1) is 29.8 Å². The third-order valence-corrected chi connectivity index (χ3v) is 12.8. The van der Waals surface area contributed by atoms with Gasteiger partial charge in [0.2, 0.25) is 17.7 Å². The summed E-state index contributed by atoms with van der Waals surface area (Å²) in [5.74, 6) is -1.03. The maximum absolute atomic E-state index is 14.3. The van der Waals surface area contributed by atoms with E-state index in [-0.39, 0.29) is 75.7 Å². The van der Waals surface area contributed by atoms with Crippen molar-refractivity contribution in [3.8, 4) is 34.1 Å². The molecule has 6 heterocycles. The van der Waals surface area contributed by atoms with Crippen molar-refractivity contribution in [3.05, 3.63) is 151 Å². The van der Waals surface area contributed by atoms with E-state index in [1.165, 1.54) is 23.4 Å². The lowest BCUT2D eigenvalue weighted by Crippen LogP contribution is -2.54. The van der Waals surface area contributed by atoms with Gasteiger partial charge in [-0.15, -0.1) is 0 Å². The SMILES string of the molecule is Cc1cccc(-c2[nH]c(CN(Cc3cccc(Oc4cccnc4)c3)C(=O)OCc3ccc(NC(=O)[C@H](CCCNC(N)=O)NC(=O)C(NC(=O)CCCCCN4C(=O)C=CC4=O)C(C)C)cc3)nc2-c2ccc3ncnn3c2)n1. The van der Waals surface area contributed by atoms with Crippen molar-refractivity contribution in [2.75, 3.05) is 18.4 Å². The highest BCUT2D eigenvalue weighted by molar-refractivity contribution is 6.12. The molecule has 23 nitrogen and oxygen atoms in total. The molecule has 414 valence electrons. The third kappa shape index (κ3) is 15.7. The Morgan fingerprint density at radius 2 is 1.60 bits per heavy atom. The average molecular weight is 1090 g/mol. The lowest BCUT2D eigenvalue weighted by atomic mass is 10.0. The predicted octanol–water partition coefficient (Wildman–Crippen LogP) is 6.51. The Bertz CT molecular complexity index is 3340. The van der Waals surface area contributed by atoms with E-state index in [0.29, 0.717) is 70.6 Å². The first-order valence-corrected chi connectivity index (χ1v) is 26.1. The molecule has 0 bridgehead atoms. The molecular formula is C57H62N14O9. The van der Waals surface area contributed by atoms with Gasteiger partial charge in [0.1, 0.15) is 42.3 Å². The fourth-order valence-electron chi connectivity index (χ4n) is 8.73. The molecule has 8 rings (SSSR count). The first-order valence-electron chi connectivity index (χ1n) is 26.1. The van der Waals surface area contributed by atoms with Crippen LogP contribution in [-0.4, -0.2) is 111 Å². The van der Waals surface area contributed by atoms with Gasteiger partial charge in [0.25, 0.3) is 11.8 Å². The molecule has 2 aromatic carbocycles. The number of urea groups is 1. The number of ether oxygens (including phenoxy) is 2. The molecule has 1 aliphatic heterocycles. The van der Waals surface area contributed by atoms with Crippen molar-refractivity contribution < 1.29 is 43.0 Å². The second kappa shape index (κ2) is 27.0. The van der Waals surface area contributed by atoms with Crippen molar-refractivity contribution in [2.45, 2.75) is 91.1 Å². The van der Waals surface area contributed by atoms with Gasteiger partial charge in [0, 0.05) is 67.5 Å². The van der Waals surface area contributed by atoms with Crippen LogP contribution in [-0.2, 0) is 48.4 Å². The molecule has 5 aromatic heterocycles. The Kier molecular flexibility index (Phi) is 19.0. The highest BCUT2D eigenvalue weighted by Gasteiger charge is 2.30. The molecule has 0 spiro atoms. The monoisotopic (exact) mass is 1090 g/mol. The molecule has 0 saturated heterocycles. The smallest absolute Gasteiger partial charge is 0.410 e. The maximum atomic E-state index is 14.3. The summed E-state index contributed by atoms with van der Waals surface area (Å²) in [6, 6.07) is 24.2. The van der Waals surface area contributed by atoms with Crippen LogP contribution in [0.5, 0.6) is 11.5 Å². The third-order valence-electron chi connectivity index (χ3n) is 12.8. The van der Waals surface area contributed by atoms with Crippen LogP contribution in [0.1, 0.15) is 75.0 Å². The van der Waals surface area contributed by atoms with E-state index in [1.54, 1.807) is 73.2 Å². The van der Waals surface area contributed by atoms with Crippen LogP contribution < -0.4 is 31.7 Å². The number of H-pyrrole nitrogens is 1. The van der Waals surface area contributed by atoms with Gasteiger partial charge in [-0.2, -0.15) is 5.10 Å². The number of hydrogen-bond donors (Lipinski definition) is 6. The van der Waals surface area contributed by atoms with Gasteiger partial charge < -0.3 is 41.5 Å². The number of carbonyl (C=O) groups excluding carboxylic acids is 7. The van der Waals surface area contributed by atoms with E-state index in [0.717, 1.165) is 21.7 Å². The van der Waals surface area contributed by atoms with Crippen molar-refractivity contribution in [1.82, 2.24) is 60.3 Å². The largest absolute Gasteiger partial charge is 0.456 e. The van der Waals surface area contributed by atoms with Gasteiger partial charge >= 0.3 is 12.1 Å². The van der Waals surface area contributed by atoms with E-state index < -0.39 is 36.0 Å². The predicted molar refractivity (Wildman–Crippen MR) is 294 cm³/mol. The van der Waals surface area contributed by atoms with Gasteiger partial charge in [-0.05, 0) is 110 Å². The van der Waals surface area contributed by atoms with Gasteiger partial charge in [-0.1, -0.05) is 50.6 Å². The topological polar surface area (TPSA) is 303 Å². The zero-order chi connectivity index (χ0) is 56.5. The molecular weight excluding hydrogens is 1020 g/mol. The average Bonchev–Trinajstić information content (AvgIpc) is 4.20. The fourth-order valence-corrected chi connectivity index (χ4v) is 8.73. The minimum Gasteiger partial charge on any atom is -0.456 e. The number of unbranched alkanes of at least 4 members (excludes halogenated alkanes) is 2. The van der Waals surface area contributed by atoms with Gasteiger partial charge in [-0.3, -0.25) is 43.7 Å². The summed E-state index contributed by atoms with van der Waals surface area (Å²) in [6.45, 7) is 5.78. The summed E-state index contributed by atoms with van der Waals surface area (Å²) in [5.41, 5.74) is 11.1. The summed E-state index contributed by atoms with van der Waals surface area (Å²) in [7, 11) is 0. The second-order valence-electron chi connectivity index (χ2n) is 19.3. The molecule has 80 heavy (non-hydrogen) atoms. The van der Waals surface area contributed by atoms with E-state index >= 15 is 0 Å². The lowest BCUT2D eigenvalue weighted by Gasteiger charge is -2.25. The van der Waals surface area contributed by atoms with Crippen LogP contribution in [0, 0.1) is 12.8 Å². The van der Waals surface area contributed by atoms with Crippen LogP contribution in [0.15, 0.2) is 128 Å². The highest BCUT2D eigenvalue weighted by atomic mass is 16.6. The first kappa shape index (κ1) is 56.4. The molecule has 1 unspecified atom stereocenters. The highest BCUT2D eigenvalue weighted by Crippen LogP contribution is 2.31. The molecule has 0 aliphatic carbocycles. The van der Waals surface area contributed by atoms with E-state index in [9.17, 15) is 33.6 Å². The number of nitrogens with zero attached hydrogens (tertiary/aromatic N) is 8. The quantitative estimate of drug-likeness (QED) is 0.0249. The van der Waals surface area contributed by atoms with Crippen LogP contribution in [0.2, 0.25) is 0 Å². The number of imidazole rings is 1. The summed E-state index contributed by atoms with van der Waals surface area (Å²) < 4.78 is 13.7. The molecule has 7 aromatic rings. The van der Waals surface area contributed by atoms with Crippen molar-refractivity contribution in [1.29, 1.82) is 0 Å². The van der Waals surface area contributed by atoms with Crippen LogP contribution in [0.25, 0.3) is 28.3 Å². The van der Waals surface area contributed by atoms with Crippen molar-refractivity contribution in [3.63, 3.8) is 0 Å². The summed E-state index contributed by atoms with van der Waals surface area (Å²) in [4.78, 5) is 114. The van der Waals surface area contributed by atoms with Crippen molar-refractivity contribution in [2.24, 2.45) is 11.7 Å². The Morgan fingerprint density at radius 1 is 0.812 bits per heavy atom. The van der Waals surface area contributed by atoms with Gasteiger partial charge in [0.15, 0.2) is 5.65 Å². The van der Waals surface area contributed by atoms with Crippen LogP contribution >= 0.6 is 0 Å². The second-order valence-corrected chi connectivity index (χ2v) is 19.3. The Balaban J connectivity index is 0.932. The number of nitrogens with one attached hydrogen (secondary N) is 5. The summed E-state index contributed by atoms with van der Waals surface area (Å²) in [6.07, 6.45) is 10.4. The normalized spacial score (nSPS) is 12.8. The summed E-state index contributed by atoms with van der Waals surface area (Å²) in [5, 5.41) is 15.2. The number of rotatable bonds is 26. The Labute approximate surface area is 460 Å². The number of anilines is 1. The Morgan fingerprint density at radius 3 is 2.35 bits per heavy atom. The zero-order valence-electron chi connectivity index (χ0n) is 44.5. The van der Waals surface area contributed by atoms with E-state index in [1.807, 2.05) is 61.7 Å². The number of benzene rings is 2. The number of aromatic nitrogens is 7. The number of imide groups is 1. The number of carbonyl (C=O) groups is 7.